The Balaban J connectivity index is 2.21. The first-order valence-electron chi connectivity index (χ1n) is 5.50. The standard InChI is InChI=1S/C12H12ClN3O2/c1-3-9-11(7(2)18-16-9)12(17)15-10-5-4-8(13)6-14-10/h4-6H,3H2,1-2H3,(H,14,15,17). The fourth-order valence-electron chi connectivity index (χ4n) is 1.58. The van der Waals surface area contributed by atoms with Gasteiger partial charge in [-0.2, -0.15) is 0 Å². The zero-order valence-electron chi connectivity index (χ0n) is 10.0. The minimum Gasteiger partial charge on any atom is -0.361 e. The molecule has 0 atom stereocenters. The van der Waals surface area contributed by atoms with Gasteiger partial charge >= 0.3 is 0 Å². The van der Waals surface area contributed by atoms with Crippen LogP contribution in [0.2, 0.25) is 5.02 Å². The summed E-state index contributed by atoms with van der Waals surface area (Å²) in [6, 6.07) is 3.29. The summed E-state index contributed by atoms with van der Waals surface area (Å²) in [5.74, 6) is 0.658. The van der Waals surface area contributed by atoms with Gasteiger partial charge in [0.25, 0.3) is 5.91 Å². The number of aromatic nitrogens is 2. The van der Waals surface area contributed by atoms with Crippen molar-refractivity contribution in [1.82, 2.24) is 10.1 Å². The lowest BCUT2D eigenvalue weighted by Gasteiger charge is -2.04. The van der Waals surface area contributed by atoms with Crippen molar-refractivity contribution in [3.63, 3.8) is 0 Å². The van der Waals surface area contributed by atoms with Crippen LogP contribution < -0.4 is 5.32 Å². The number of aryl methyl sites for hydroxylation is 2. The molecule has 0 radical (unpaired) electrons. The normalized spacial score (nSPS) is 10.4. The predicted molar refractivity (Wildman–Crippen MR) is 67.8 cm³/mol. The zero-order chi connectivity index (χ0) is 13.1. The average Bonchev–Trinajstić information content (AvgIpc) is 2.73. The third kappa shape index (κ3) is 2.51. The van der Waals surface area contributed by atoms with E-state index in [1.807, 2.05) is 6.92 Å². The van der Waals surface area contributed by atoms with Gasteiger partial charge in [0.2, 0.25) is 0 Å². The molecule has 18 heavy (non-hydrogen) atoms. The van der Waals surface area contributed by atoms with E-state index in [0.29, 0.717) is 34.3 Å². The Morgan fingerprint density at radius 1 is 1.50 bits per heavy atom. The molecule has 6 heteroatoms. The molecule has 0 fully saturated rings. The minimum atomic E-state index is -0.277. The Morgan fingerprint density at radius 2 is 2.28 bits per heavy atom. The highest BCUT2D eigenvalue weighted by Gasteiger charge is 2.19. The lowest BCUT2D eigenvalue weighted by Crippen LogP contribution is -2.15. The minimum absolute atomic E-state index is 0.277. The third-order valence-electron chi connectivity index (χ3n) is 2.46. The molecule has 0 bridgehead atoms. The van der Waals surface area contributed by atoms with Crippen molar-refractivity contribution in [1.29, 1.82) is 0 Å². The molecule has 1 amide bonds. The molecule has 2 rings (SSSR count). The van der Waals surface area contributed by atoms with Crippen LogP contribution in [0.1, 0.15) is 28.7 Å². The maximum Gasteiger partial charge on any atom is 0.262 e. The molecule has 0 aromatic carbocycles. The first-order valence-corrected chi connectivity index (χ1v) is 5.87. The van der Waals surface area contributed by atoms with Crippen LogP contribution >= 0.6 is 11.6 Å². The van der Waals surface area contributed by atoms with Crippen LogP contribution in [0.15, 0.2) is 22.9 Å². The average molecular weight is 266 g/mol. The molecular weight excluding hydrogens is 254 g/mol. The number of amides is 1. The summed E-state index contributed by atoms with van der Waals surface area (Å²) >= 11 is 5.72. The maximum atomic E-state index is 12.1. The van der Waals surface area contributed by atoms with E-state index in [1.165, 1.54) is 6.20 Å². The van der Waals surface area contributed by atoms with Crippen molar-refractivity contribution in [3.05, 3.63) is 40.4 Å². The number of hydrogen-bond donors (Lipinski definition) is 1. The van der Waals surface area contributed by atoms with Gasteiger partial charge in [0.15, 0.2) is 0 Å². The molecule has 2 heterocycles. The van der Waals surface area contributed by atoms with Crippen LogP contribution in [0.4, 0.5) is 5.82 Å². The Kier molecular flexibility index (Phi) is 3.62. The van der Waals surface area contributed by atoms with E-state index in [4.69, 9.17) is 16.1 Å². The summed E-state index contributed by atoms with van der Waals surface area (Å²) < 4.78 is 5.01. The number of halogens is 1. The highest BCUT2D eigenvalue weighted by atomic mass is 35.5. The molecule has 1 N–H and O–H groups in total. The van der Waals surface area contributed by atoms with Crippen LogP contribution in [0.25, 0.3) is 0 Å². The van der Waals surface area contributed by atoms with Gasteiger partial charge < -0.3 is 9.84 Å². The fourth-order valence-corrected chi connectivity index (χ4v) is 1.69. The highest BCUT2D eigenvalue weighted by molar-refractivity contribution is 6.30. The Labute approximate surface area is 109 Å². The van der Waals surface area contributed by atoms with Gasteiger partial charge in [-0.05, 0) is 25.5 Å². The lowest BCUT2D eigenvalue weighted by atomic mass is 10.1. The third-order valence-corrected chi connectivity index (χ3v) is 2.69. The Bertz CT molecular complexity index is 563. The number of nitrogens with one attached hydrogen (secondary N) is 1. The zero-order valence-corrected chi connectivity index (χ0v) is 10.8. The van der Waals surface area contributed by atoms with Crippen molar-refractivity contribution in [2.45, 2.75) is 20.3 Å². The Hall–Kier alpha value is -1.88. The van der Waals surface area contributed by atoms with Crippen molar-refractivity contribution in [2.24, 2.45) is 0 Å². The molecule has 2 aromatic heterocycles. The van der Waals surface area contributed by atoms with E-state index >= 15 is 0 Å². The smallest absolute Gasteiger partial charge is 0.262 e. The number of rotatable bonds is 3. The van der Waals surface area contributed by atoms with Crippen molar-refractivity contribution in [2.75, 3.05) is 5.32 Å². The molecule has 0 saturated heterocycles. The van der Waals surface area contributed by atoms with Crippen LogP contribution in [0.3, 0.4) is 0 Å². The van der Waals surface area contributed by atoms with E-state index in [-0.39, 0.29) is 5.91 Å². The summed E-state index contributed by atoms with van der Waals surface area (Å²) in [6.45, 7) is 3.62. The summed E-state index contributed by atoms with van der Waals surface area (Å²) in [5, 5.41) is 7.03. The SMILES string of the molecule is CCc1noc(C)c1C(=O)Nc1ccc(Cl)cn1. The van der Waals surface area contributed by atoms with Crippen molar-refractivity contribution in [3.8, 4) is 0 Å². The molecule has 5 nitrogen and oxygen atoms in total. The molecule has 0 saturated carbocycles. The monoisotopic (exact) mass is 265 g/mol. The summed E-state index contributed by atoms with van der Waals surface area (Å²) in [6.07, 6.45) is 2.10. The lowest BCUT2D eigenvalue weighted by molar-refractivity contribution is 0.102. The van der Waals surface area contributed by atoms with Gasteiger partial charge in [0, 0.05) is 6.20 Å². The van der Waals surface area contributed by atoms with Gasteiger partial charge in [-0.25, -0.2) is 4.98 Å². The summed E-state index contributed by atoms with van der Waals surface area (Å²) in [5.41, 5.74) is 1.10. The second-order valence-electron chi connectivity index (χ2n) is 3.73. The van der Waals surface area contributed by atoms with Crippen LogP contribution in [0.5, 0.6) is 0 Å². The largest absolute Gasteiger partial charge is 0.361 e. The van der Waals surface area contributed by atoms with Crippen molar-refractivity contribution >= 4 is 23.3 Å². The fraction of sp³-hybridized carbons (Fsp3) is 0.250. The van der Waals surface area contributed by atoms with E-state index < -0.39 is 0 Å². The number of nitrogens with zero attached hydrogens (tertiary/aromatic N) is 2. The molecule has 0 aliphatic heterocycles. The van der Waals surface area contributed by atoms with Crippen LogP contribution in [-0.4, -0.2) is 16.0 Å². The Morgan fingerprint density at radius 3 is 2.89 bits per heavy atom. The first kappa shape index (κ1) is 12.6. The van der Waals surface area contributed by atoms with E-state index in [1.54, 1.807) is 19.1 Å². The number of carbonyl (C=O) groups excluding carboxylic acids is 1. The first-order chi connectivity index (χ1) is 8.61. The van der Waals surface area contributed by atoms with Crippen LogP contribution in [0, 0.1) is 6.92 Å². The molecule has 0 aliphatic carbocycles. The molecule has 2 aromatic rings. The highest BCUT2D eigenvalue weighted by Crippen LogP contribution is 2.16. The summed E-state index contributed by atoms with van der Waals surface area (Å²) in [7, 11) is 0. The van der Waals surface area contributed by atoms with E-state index in [9.17, 15) is 4.79 Å². The van der Waals surface area contributed by atoms with Gasteiger partial charge in [-0.1, -0.05) is 23.7 Å². The molecule has 0 aliphatic rings. The molecular formula is C12H12ClN3O2. The number of carbonyl (C=O) groups is 1. The molecule has 94 valence electrons. The predicted octanol–water partition coefficient (Wildman–Crippen LogP) is 2.85. The molecule has 0 spiro atoms. The van der Waals surface area contributed by atoms with Gasteiger partial charge in [-0.15, -0.1) is 0 Å². The number of pyridine rings is 1. The maximum absolute atomic E-state index is 12.1. The van der Waals surface area contributed by atoms with E-state index in [2.05, 4.69) is 15.5 Å². The number of anilines is 1. The summed E-state index contributed by atoms with van der Waals surface area (Å²) in [4.78, 5) is 16.1. The van der Waals surface area contributed by atoms with E-state index in [0.717, 1.165) is 0 Å². The second kappa shape index (κ2) is 5.18. The number of hydrogen-bond acceptors (Lipinski definition) is 4. The van der Waals surface area contributed by atoms with Gasteiger partial charge in [0.1, 0.15) is 17.1 Å². The quantitative estimate of drug-likeness (QED) is 0.927. The second-order valence-corrected chi connectivity index (χ2v) is 4.17. The molecule has 0 unspecified atom stereocenters. The van der Waals surface area contributed by atoms with Gasteiger partial charge in [-0.3, -0.25) is 4.79 Å². The van der Waals surface area contributed by atoms with Gasteiger partial charge in [0.05, 0.1) is 10.7 Å². The topological polar surface area (TPSA) is 68.0 Å². The van der Waals surface area contributed by atoms with Crippen LogP contribution in [-0.2, 0) is 6.42 Å². The van der Waals surface area contributed by atoms with Crippen molar-refractivity contribution < 1.29 is 9.32 Å².